The maximum atomic E-state index is 12.5. The number of rotatable bonds is 6. The molecule has 3 aliphatic heterocycles. The summed E-state index contributed by atoms with van der Waals surface area (Å²) in [6.07, 6.45) is 4.46. The number of ether oxygens (including phenoxy) is 2. The molecule has 3 aliphatic rings. The Kier molecular flexibility index (Phi) is 5.23. The normalized spacial score (nSPS) is 24.2. The van der Waals surface area contributed by atoms with E-state index in [2.05, 4.69) is 22.3 Å². The number of carbonyl (C=O) groups is 1. The van der Waals surface area contributed by atoms with E-state index < -0.39 is 4.92 Å². The van der Waals surface area contributed by atoms with Crippen LogP contribution in [0.3, 0.4) is 0 Å². The zero-order chi connectivity index (χ0) is 21.4. The molecule has 2 fully saturated rings. The molecule has 3 heterocycles. The van der Waals surface area contributed by atoms with Gasteiger partial charge in [-0.1, -0.05) is 18.2 Å². The van der Waals surface area contributed by atoms with Crippen LogP contribution in [0.4, 0.5) is 5.69 Å². The van der Waals surface area contributed by atoms with Crippen LogP contribution in [0.2, 0.25) is 0 Å². The van der Waals surface area contributed by atoms with Crippen molar-refractivity contribution in [1.29, 1.82) is 0 Å². The number of hydrogen-bond acceptors (Lipinski definition) is 6. The molecule has 8 heteroatoms. The van der Waals surface area contributed by atoms with Crippen molar-refractivity contribution in [2.45, 2.75) is 56.8 Å². The number of nitro benzene ring substituents is 1. The van der Waals surface area contributed by atoms with E-state index in [1.807, 2.05) is 6.07 Å². The molecule has 2 aromatic carbocycles. The van der Waals surface area contributed by atoms with E-state index in [1.54, 1.807) is 12.1 Å². The minimum absolute atomic E-state index is 0.0255. The van der Waals surface area contributed by atoms with Crippen molar-refractivity contribution in [2.24, 2.45) is 0 Å². The lowest BCUT2D eigenvalue weighted by molar-refractivity contribution is -0.384. The lowest BCUT2D eigenvalue weighted by atomic mass is 9.96. The molecule has 2 aromatic rings. The van der Waals surface area contributed by atoms with Crippen LogP contribution in [-0.4, -0.2) is 40.6 Å². The van der Waals surface area contributed by atoms with Gasteiger partial charge in [-0.2, -0.15) is 0 Å². The fourth-order valence-electron chi connectivity index (χ4n) is 5.10. The Hall–Kier alpha value is -3.13. The van der Waals surface area contributed by atoms with Gasteiger partial charge in [0.25, 0.3) is 5.69 Å². The van der Waals surface area contributed by atoms with Gasteiger partial charge >= 0.3 is 0 Å². The van der Waals surface area contributed by atoms with Gasteiger partial charge in [0, 0.05) is 36.8 Å². The lowest BCUT2D eigenvalue weighted by Crippen LogP contribution is -2.50. The van der Waals surface area contributed by atoms with Gasteiger partial charge in [0.1, 0.15) is 0 Å². The monoisotopic (exact) mass is 423 g/mol. The first-order valence-electron chi connectivity index (χ1n) is 10.7. The second kappa shape index (κ2) is 8.19. The van der Waals surface area contributed by atoms with Gasteiger partial charge in [0.05, 0.1) is 11.3 Å². The lowest BCUT2D eigenvalue weighted by Gasteiger charge is -2.39. The standard InChI is InChI=1S/C23H25N3O5/c27-23(10-15-1-4-18(5-2-15)26(28)29)24-17-11-19-6-7-20(12-17)25(19)13-16-3-8-21-22(9-16)31-14-30-21/h1-5,8-9,17,19-20H,6-7,10-14H2,(H,24,27). The average molecular weight is 423 g/mol. The van der Waals surface area contributed by atoms with Crippen LogP contribution >= 0.6 is 0 Å². The van der Waals surface area contributed by atoms with Gasteiger partial charge in [-0.25, -0.2) is 0 Å². The fourth-order valence-corrected chi connectivity index (χ4v) is 5.10. The Balaban J connectivity index is 1.16. The van der Waals surface area contributed by atoms with Crippen molar-refractivity contribution in [3.8, 4) is 11.5 Å². The summed E-state index contributed by atoms with van der Waals surface area (Å²) in [7, 11) is 0. The molecule has 162 valence electrons. The van der Waals surface area contributed by atoms with E-state index in [0.29, 0.717) is 12.1 Å². The van der Waals surface area contributed by atoms with Crippen molar-refractivity contribution in [1.82, 2.24) is 10.2 Å². The van der Waals surface area contributed by atoms with Crippen LogP contribution in [-0.2, 0) is 17.8 Å². The largest absolute Gasteiger partial charge is 0.454 e. The molecular weight excluding hydrogens is 398 g/mol. The molecule has 2 bridgehead atoms. The minimum Gasteiger partial charge on any atom is -0.454 e. The molecule has 2 saturated heterocycles. The molecule has 0 radical (unpaired) electrons. The highest BCUT2D eigenvalue weighted by molar-refractivity contribution is 5.79. The van der Waals surface area contributed by atoms with E-state index in [-0.39, 0.29) is 30.9 Å². The second-order valence-electron chi connectivity index (χ2n) is 8.58. The third-order valence-corrected chi connectivity index (χ3v) is 6.56. The van der Waals surface area contributed by atoms with Crippen LogP contribution in [0, 0.1) is 10.1 Å². The van der Waals surface area contributed by atoms with Crippen molar-refractivity contribution in [2.75, 3.05) is 6.79 Å². The maximum absolute atomic E-state index is 12.5. The topological polar surface area (TPSA) is 93.9 Å². The highest BCUT2D eigenvalue weighted by atomic mass is 16.7. The Labute approximate surface area is 180 Å². The zero-order valence-corrected chi connectivity index (χ0v) is 17.2. The van der Waals surface area contributed by atoms with Gasteiger partial charge in [0.2, 0.25) is 12.7 Å². The molecule has 8 nitrogen and oxygen atoms in total. The first kappa shape index (κ1) is 19.8. The van der Waals surface area contributed by atoms with E-state index >= 15 is 0 Å². The number of carbonyl (C=O) groups excluding carboxylic acids is 1. The Morgan fingerprint density at radius 1 is 1.03 bits per heavy atom. The quantitative estimate of drug-likeness (QED) is 0.567. The van der Waals surface area contributed by atoms with Crippen LogP contribution in [0.1, 0.15) is 36.8 Å². The number of benzene rings is 2. The number of amides is 1. The molecule has 0 aliphatic carbocycles. The molecule has 0 saturated carbocycles. The molecule has 1 N–H and O–H groups in total. The number of nitrogens with one attached hydrogen (secondary N) is 1. The predicted octanol–water partition coefficient (Wildman–Crippen LogP) is 3.18. The zero-order valence-electron chi connectivity index (χ0n) is 17.2. The van der Waals surface area contributed by atoms with Crippen LogP contribution in [0.15, 0.2) is 42.5 Å². The summed E-state index contributed by atoms with van der Waals surface area (Å²) >= 11 is 0. The van der Waals surface area contributed by atoms with E-state index in [9.17, 15) is 14.9 Å². The first-order valence-corrected chi connectivity index (χ1v) is 10.7. The molecule has 1 amide bonds. The SMILES string of the molecule is O=C(Cc1ccc([N+](=O)[O-])cc1)NC1CC2CCC(C1)N2Cc1ccc2c(c1)OCO2. The summed E-state index contributed by atoms with van der Waals surface area (Å²) in [6.45, 7) is 1.17. The number of non-ortho nitro benzene ring substituents is 1. The Bertz CT molecular complexity index is 979. The molecule has 0 spiro atoms. The van der Waals surface area contributed by atoms with Gasteiger partial charge in [-0.3, -0.25) is 19.8 Å². The third kappa shape index (κ3) is 4.20. The second-order valence-corrected chi connectivity index (χ2v) is 8.58. The Morgan fingerprint density at radius 3 is 2.42 bits per heavy atom. The first-order chi connectivity index (χ1) is 15.0. The molecule has 0 aromatic heterocycles. The van der Waals surface area contributed by atoms with E-state index in [1.165, 1.54) is 17.7 Å². The summed E-state index contributed by atoms with van der Waals surface area (Å²) < 4.78 is 10.9. The molecule has 31 heavy (non-hydrogen) atoms. The van der Waals surface area contributed by atoms with Crippen molar-refractivity contribution < 1.29 is 19.2 Å². The van der Waals surface area contributed by atoms with Gasteiger partial charge in [0.15, 0.2) is 11.5 Å². The van der Waals surface area contributed by atoms with Gasteiger partial charge in [-0.15, -0.1) is 0 Å². The highest BCUT2D eigenvalue weighted by Crippen LogP contribution is 2.38. The summed E-state index contributed by atoms with van der Waals surface area (Å²) in [5.41, 5.74) is 2.05. The number of piperidine rings is 1. The van der Waals surface area contributed by atoms with Crippen molar-refractivity contribution in [3.05, 3.63) is 63.7 Å². The number of nitro groups is 1. The van der Waals surface area contributed by atoms with Gasteiger partial charge in [-0.05, 0) is 48.9 Å². The molecule has 5 rings (SSSR count). The summed E-state index contributed by atoms with van der Waals surface area (Å²) in [4.78, 5) is 25.4. The van der Waals surface area contributed by atoms with Crippen molar-refractivity contribution in [3.63, 3.8) is 0 Å². The average Bonchev–Trinajstić information content (AvgIpc) is 3.30. The van der Waals surface area contributed by atoms with Gasteiger partial charge < -0.3 is 14.8 Å². The van der Waals surface area contributed by atoms with E-state index in [0.717, 1.165) is 49.3 Å². The summed E-state index contributed by atoms with van der Waals surface area (Å²) in [5, 5.41) is 14.0. The summed E-state index contributed by atoms with van der Waals surface area (Å²) in [5.74, 6) is 1.60. The minimum atomic E-state index is -0.434. The molecule has 2 unspecified atom stereocenters. The molecule has 2 atom stereocenters. The molecular formula is C23H25N3O5. The van der Waals surface area contributed by atoms with Crippen molar-refractivity contribution >= 4 is 11.6 Å². The van der Waals surface area contributed by atoms with Crippen LogP contribution in [0.5, 0.6) is 11.5 Å². The van der Waals surface area contributed by atoms with Crippen LogP contribution < -0.4 is 14.8 Å². The highest BCUT2D eigenvalue weighted by Gasteiger charge is 2.41. The van der Waals surface area contributed by atoms with Crippen LogP contribution in [0.25, 0.3) is 0 Å². The number of nitrogens with zero attached hydrogens (tertiary/aromatic N) is 2. The maximum Gasteiger partial charge on any atom is 0.269 e. The third-order valence-electron chi connectivity index (χ3n) is 6.56. The number of fused-ring (bicyclic) bond motifs is 3. The number of hydrogen-bond donors (Lipinski definition) is 1. The fraction of sp³-hybridized carbons (Fsp3) is 0.435. The summed E-state index contributed by atoms with van der Waals surface area (Å²) in [6, 6.07) is 13.4. The van der Waals surface area contributed by atoms with E-state index in [4.69, 9.17) is 9.47 Å². The smallest absolute Gasteiger partial charge is 0.269 e. The Morgan fingerprint density at radius 2 is 1.71 bits per heavy atom. The predicted molar refractivity (Wildman–Crippen MR) is 113 cm³/mol.